The topological polar surface area (TPSA) is 61.8 Å². The van der Waals surface area contributed by atoms with Crippen LogP contribution in [0.2, 0.25) is 5.02 Å². The summed E-state index contributed by atoms with van der Waals surface area (Å²) in [5.74, 6) is 0.613. The number of halogens is 1. The zero-order chi connectivity index (χ0) is 19.0. The molecule has 0 saturated heterocycles. The van der Waals surface area contributed by atoms with Gasteiger partial charge < -0.3 is 10.2 Å². The van der Waals surface area contributed by atoms with Crippen LogP contribution >= 0.6 is 11.6 Å². The lowest BCUT2D eigenvalue weighted by atomic mass is 10.2. The van der Waals surface area contributed by atoms with Crippen LogP contribution in [0.5, 0.6) is 0 Å². The van der Waals surface area contributed by atoms with E-state index in [0.717, 1.165) is 5.56 Å². The van der Waals surface area contributed by atoms with E-state index in [1.165, 1.54) is 0 Å². The van der Waals surface area contributed by atoms with E-state index in [1.807, 2.05) is 43.1 Å². The van der Waals surface area contributed by atoms with Crippen LogP contribution in [-0.4, -0.2) is 45.2 Å². The van der Waals surface area contributed by atoms with Gasteiger partial charge in [-0.25, -0.2) is 8.42 Å². The molecule has 7 heteroatoms. The molecule has 0 aliphatic carbocycles. The number of rotatable bonds is 7. The minimum atomic E-state index is -3.34. The fraction of sp³-hybridized carbons (Fsp3) is 0.316. The van der Waals surface area contributed by atoms with Gasteiger partial charge in [-0.1, -0.05) is 48.0 Å². The Kier molecular flexibility index (Phi) is 7.48. The van der Waals surface area contributed by atoms with Crippen LogP contribution in [0, 0.1) is 0 Å². The number of benzene rings is 2. The maximum Gasteiger partial charge on any atom is 0.193 e. The van der Waals surface area contributed by atoms with Crippen molar-refractivity contribution in [3.05, 3.63) is 65.2 Å². The van der Waals surface area contributed by atoms with Crippen LogP contribution in [0.3, 0.4) is 0 Å². The average molecular weight is 394 g/mol. The van der Waals surface area contributed by atoms with Crippen molar-refractivity contribution in [2.45, 2.75) is 18.4 Å². The van der Waals surface area contributed by atoms with Crippen molar-refractivity contribution in [3.8, 4) is 0 Å². The predicted octanol–water partition coefficient (Wildman–Crippen LogP) is 3.21. The molecule has 5 nitrogen and oxygen atoms in total. The third-order valence-corrected chi connectivity index (χ3v) is 5.86. The third-order valence-electron chi connectivity index (χ3n) is 3.79. The summed E-state index contributed by atoms with van der Waals surface area (Å²) in [6.07, 6.45) is 0. The quantitative estimate of drug-likeness (QED) is 0.579. The van der Waals surface area contributed by atoms with Crippen molar-refractivity contribution in [1.29, 1.82) is 0 Å². The maximum absolute atomic E-state index is 12.4. The van der Waals surface area contributed by atoms with Crippen molar-refractivity contribution in [3.63, 3.8) is 0 Å². The number of guanidine groups is 1. The second-order valence-corrected chi connectivity index (χ2v) is 8.33. The molecule has 2 aromatic carbocycles. The van der Waals surface area contributed by atoms with Crippen LogP contribution in [0.4, 0.5) is 0 Å². The van der Waals surface area contributed by atoms with E-state index in [-0.39, 0.29) is 12.3 Å². The molecule has 2 aromatic rings. The molecule has 0 aromatic heterocycles. The van der Waals surface area contributed by atoms with Gasteiger partial charge in [0.2, 0.25) is 0 Å². The lowest BCUT2D eigenvalue weighted by molar-refractivity contribution is 0.477. The summed E-state index contributed by atoms with van der Waals surface area (Å²) >= 11 is 6.22. The van der Waals surface area contributed by atoms with Gasteiger partial charge in [0.25, 0.3) is 0 Å². The number of aliphatic imine (C=N–C) groups is 1. The van der Waals surface area contributed by atoms with Gasteiger partial charge in [0, 0.05) is 25.2 Å². The molecule has 2 rings (SSSR count). The lowest BCUT2D eigenvalue weighted by Gasteiger charge is -2.22. The summed E-state index contributed by atoms with van der Waals surface area (Å²) in [6, 6.07) is 16.1. The molecule has 0 aliphatic heterocycles. The molecule has 0 saturated carbocycles. The van der Waals surface area contributed by atoms with Crippen LogP contribution in [0.1, 0.15) is 12.5 Å². The lowest BCUT2D eigenvalue weighted by Crippen LogP contribution is -2.38. The second-order valence-electron chi connectivity index (χ2n) is 5.82. The smallest absolute Gasteiger partial charge is 0.193 e. The van der Waals surface area contributed by atoms with Gasteiger partial charge in [-0.2, -0.15) is 0 Å². The van der Waals surface area contributed by atoms with Crippen molar-refractivity contribution < 1.29 is 8.42 Å². The van der Waals surface area contributed by atoms with E-state index in [1.54, 1.807) is 30.3 Å². The summed E-state index contributed by atoms with van der Waals surface area (Å²) < 4.78 is 24.7. The third kappa shape index (κ3) is 5.75. The van der Waals surface area contributed by atoms with E-state index in [9.17, 15) is 8.42 Å². The van der Waals surface area contributed by atoms with Gasteiger partial charge in [-0.15, -0.1) is 0 Å². The largest absolute Gasteiger partial charge is 0.357 e. The minimum Gasteiger partial charge on any atom is -0.357 e. The molecule has 1 N–H and O–H groups in total. The van der Waals surface area contributed by atoms with Crippen LogP contribution in [0.15, 0.2) is 64.5 Å². The first-order valence-electron chi connectivity index (χ1n) is 8.44. The first-order chi connectivity index (χ1) is 12.4. The Morgan fingerprint density at radius 2 is 1.77 bits per heavy atom. The van der Waals surface area contributed by atoms with Gasteiger partial charge in [-0.05, 0) is 30.7 Å². The molecule has 0 fully saturated rings. The number of nitrogens with zero attached hydrogens (tertiary/aromatic N) is 2. The first-order valence-corrected chi connectivity index (χ1v) is 10.5. The molecule has 140 valence electrons. The first kappa shape index (κ1) is 20.3. The molecule has 0 heterocycles. The SMILES string of the molecule is CCNC(=NCCS(=O)(=O)c1ccccc1)N(C)Cc1ccccc1Cl. The number of nitrogens with one attached hydrogen (secondary N) is 1. The Labute approximate surface area is 160 Å². The van der Waals surface area contributed by atoms with Crippen molar-refractivity contribution in [2.75, 3.05) is 25.9 Å². The van der Waals surface area contributed by atoms with Gasteiger partial charge in [0.15, 0.2) is 15.8 Å². The Hall–Kier alpha value is -2.05. The number of sulfone groups is 1. The summed E-state index contributed by atoms with van der Waals surface area (Å²) in [7, 11) is -1.44. The highest BCUT2D eigenvalue weighted by atomic mass is 35.5. The van der Waals surface area contributed by atoms with Gasteiger partial charge in [0.1, 0.15) is 0 Å². The fourth-order valence-electron chi connectivity index (χ4n) is 2.44. The van der Waals surface area contributed by atoms with E-state index >= 15 is 0 Å². The standard InChI is InChI=1S/C19H24ClN3O2S/c1-3-21-19(23(2)15-16-9-7-8-12-18(16)20)22-13-14-26(24,25)17-10-5-4-6-11-17/h4-12H,3,13-15H2,1-2H3,(H,21,22). The van der Waals surface area contributed by atoms with Crippen LogP contribution < -0.4 is 5.32 Å². The van der Waals surface area contributed by atoms with E-state index in [0.29, 0.717) is 29.0 Å². The molecule has 0 radical (unpaired) electrons. The summed E-state index contributed by atoms with van der Waals surface area (Å²) in [5.41, 5.74) is 0.985. The highest BCUT2D eigenvalue weighted by molar-refractivity contribution is 7.91. The molecule has 0 unspecified atom stereocenters. The normalized spacial score (nSPS) is 12.0. The van der Waals surface area contributed by atoms with Gasteiger partial charge in [0.05, 0.1) is 17.2 Å². The summed E-state index contributed by atoms with van der Waals surface area (Å²) in [4.78, 5) is 6.71. The van der Waals surface area contributed by atoms with E-state index in [4.69, 9.17) is 11.6 Å². The average Bonchev–Trinajstić information content (AvgIpc) is 2.63. The second kappa shape index (κ2) is 9.59. The molecule has 0 aliphatic rings. The molecule has 0 atom stereocenters. The number of hydrogen-bond donors (Lipinski definition) is 1. The van der Waals surface area contributed by atoms with Crippen molar-refractivity contribution in [2.24, 2.45) is 4.99 Å². The zero-order valence-corrected chi connectivity index (χ0v) is 16.6. The summed E-state index contributed by atoms with van der Waals surface area (Å²) in [5, 5.41) is 3.88. The molecule has 0 amide bonds. The Morgan fingerprint density at radius 3 is 2.42 bits per heavy atom. The Morgan fingerprint density at radius 1 is 1.12 bits per heavy atom. The zero-order valence-electron chi connectivity index (χ0n) is 15.0. The van der Waals surface area contributed by atoms with Gasteiger partial charge >= 0.3 is 0 Å². The molecule has 26 heavy (non-hydrogen) atoms. The molecule has 0 bridgehead atoms. The van der Waals surface area contributed by atoms with Crippen molar-refractivity contribution >= 4 is 27.4 Å². The highest BCUT2D eigenvalue weighted by Gasteiger charge is 2.14. The maximum atomic E-state index is 12.4. The van der Waals surface area contributed by atoms with E-state index < -0.39 is 9.84 Å². The van der Waals surface area contributed by atoms with Gasteiger partial charge in [-0.3, -0.25) is 4.99 Å². The molecular weight excluding hydrogens is 370 g/mol. The van der Waals surface area contributed by atoms with Crippen LogP contribution in [-0.2, 0) is 16.4 Å². The number of hydrogen-bond acceptors (Lipinski definition) is 3. The molecule has 0 spiro atoms. The van der Waals surface area contributed by atoms with Crippen LogP contribution in [0.25, 0.3) is 0 Å². The predicted molar refractivity (Wildman–Crippen MR) is 107 cm³/mol. The highest BCUT2D eigenvalue weighted by Crippen LogP contribution is 2.16. The van der Waals surface area contributed by atoms with Crippen molar-refractivity contribution in [1.82, 2.24) is 10.2 Å². The van der Waals surface area contributed by atoms with E-state index in [2.05, 4.69) is 10.3 Å². The molecular formula is C19H24ClN3O2S. The Balaban J connectivity index is 2.05. The minimum absolute atomic E-state index is 0.0359. The summed E-state index contributed by atoms with van der Waals surface area (Å²) in [6.45, 7) is 3.43. The monoisotopic (exact) mass is 393 g/mol. The Bertz CT molecular complexity index is 839. The fourth-order valence-corrected chi connectivity index (χ4v) is 3.78.